The van der Waals surface area contributed by atoms with Gasteiger partial charge in [-0.3, -0.25) is 4.90 Å². The van der Waals surface area contributed by atoms with Crippen molar-refractivity contribution in [3.63, 3.8) is 0 Å². The van der Waals surface area contributed by atoms with Gasteiger partial charge < -0.3 is 4.90 Å². The average Bonchev–Trinajstić information content (AvgIpc) is 2.55. The molecule has 2 aliphatic rings. The first-order chi connectivity index (χ1) is 10.3. The second-order valence-corrected chi connectivity index (χ2v) is 6.94. The molecule has 0 radical (unpaired) electrons. The summed E-state index contributed by atoms with van der Waals surface area (Å²) in [6.07, 6.45) is 9.14. The molecule has 1 saturated carbocycles. The van der Waals surface area contributed by atoms with E-state index in [0.717, 1.165) is 35.8 Å². The largest absolute Gasteiger partial charge is 0.354 e. The second kappa shape index (κ2) is 6.97. The van der Waals surface area contributed by atoms with Gasteiger partial charge in [0.05, 0.1) is 0 Å². The van der Waals surface area contributed by atoms with E-state index in [2.05, 4.69) is 32.8 Å². The van der Waals surface area contributed by atoms with Crippen LogP contribution in [0.15, 0.2) is 11.2 Å². The highest BCUT2D eigenvalue weighted by Crippen LogP contribution is 2.25. The van der Waals surface area contributed by atoms with Crippen LogP contribution in [0.3, 0.4) is 0 Å². The molecular formula is C16H26N4S. The number of hydrogen-bond donors (Lipinski definition) is 0. The van der Waals surface area contributed by atoms with E-state index in [1.807, 2.05) is 6.26 Å². The standard InChI is InChI=1S/C16H26N4S/c1-13-12-15(18-16(17-13)21-2)20-10-8-19(9-11-20)14-6-4-3-5-7-14/h12,14H,3-11H2,1-2H3. The van der Waals surface area contributed by atoms with Crippen LogP contribution in [0, 0.1) is 6.92 Å². The first kappa shape index (κ1) is 15.1. The van der Waals surface area contributed by atoms with Crippen LogP contribution >= 0.6 is 11.8 Å². The van der Waals surface area contributed by atoms with Gasteiger partial charge in [0.25, 0.3) is 0 Å². The first-order valence-electron chi connectivity index (χ1n) is 8.15. The van der Waals surface area contributed by atoms with Gasteiger partial charge in [-0.2, -0.15) is 0 Å². The quantitative estimate of drug-likeness (QED) is 0.633. The van der Waals surface area contributed by atoms with Gasteiger partial charge in [0.2, 0.25) is 0 Å². The van der Waals surface area contributed by atoms with E-state index in [1.54, 1.807) is 11.8 Å². The lowest BCUT2D eigenvalue weighted by Gasteiger charge is -2.41. The molecule has 1 aliphatic heterocycles. The van der Waals surface area contributed by atoms with E-state index < -0.39 is 0 Å². The van der Waals surface area contributed by atoms with E-state index in [0.29, 0.717) is 0 Å². The molecule has 1 saturated heterocycles. The zero-order valence-electron chi connectivity index (χ0n) is 13.2. The molecule has 0 unspecified atom stereocenters. The minimum atomic E-state index is 0.842. The van der Waals surface area contributed by atoms with Crippen LogP contribution in [0.4, 0.5) is 5.82 Å². The number of anilines is 1. The molecule has 0 N–H and O–H groups in total. The van der Waals surface area contributed by atoms with E-state index in [9.17, 15) is 0 Å². The van der Waals surface area contributed by atoms with Crippen molar-refractivity contribution in [2.75, 3.05) is 37.3 Å². The fourth-order valence-electron chi connectivity index (χ4n) is 3.54. The number of nitrogens with zero attached hydrogens (tertiary/aromatic N) is 4. The SMILES string of the molecule is CSc1nc(C)cc(N2CCN(C3CCCCC3)CC2)n1. The lowest BCUT2D eigenvalue weighted by molar-refractivity contribution is 0.147. The Morgan fingerprint density at radius 2 is 1.76 bits per heavy atom. The Kier molecular flexibility index (Phi) is 5.01. The lowest BCUT2D eigenvalue weighted by atomic mass is 9.94. The van der Waals surface area contributed by atoms with Gasteiger partial charge in [-0.15, -0.1) is 0 Å². The Morgan fingerprint density at radius 1 is 1.05 bits per heavy atom. The van der Waals surface area contributed by atoms with E-state index in [-0.39, 0.29) is 0 Å². The molecule has 0 spiro atoms. The minimum Gasteiger partial charge on any atom is -0.354 e. The van der Waals surface area contributed by atoms with Gasteiger partial charge in [-0.05, 0) is 26.0 Å². The van der Waals surface area contributed by atoms with Gasteiger partial charge in [0, 0.05) is 44.0 Å². The normalized spacial score (nSPS) is 21.7. The van der Waals surface area contributed by atoms with Crippen LogP contribution in [0.2, 0.25) is 0 Å². The van der Waals surface area contributed by atoms with Gasteiger partial charge in [-0.1, -0.05) is 31.0 Å². The Balaban J connectivity index is 1.61. The molecule has 116 valence electrons. The number of aromatic nitrogens is 2. The first-order valence-corrected chi connectivity index (χ1v) is 9.37. The number of hydrogen-bond acceptors (Lipinski definition) is 5. The zero-order valence-corrected chi connectivity index (χ0v) is 14.0. The molecule has 3 rings (SSSR count). The van der Waals surface area contributed by atoms with E-state index in [4.69, 9.17) is 0 Å². The van der Waals surface area contributed by atoms with Crippen molar-refractivity contribution in [3.05, 3.63) is 11.8 Å². The number of thioether (sulfide) groups is 1. The van der Waals surface area contributed by atoms with Crippen molar-refractivity contribution in [2.45, 2.75) is 50.2 Å². The zero-order chi connectivity index (χ0) is 14.7. The maximum absolute atomic E-state index is 4.67. The topological polar surface area (TPSA) is 32.3 Å². The fourth-order valence-corrected chi connectivity index (χ4v) is 3.96. The molecular weight excluding hydrogens is 280 g/mol. The van der Waals surface area contributed by atoms with Crippen LogP contribution in [0.5, 0.6) is 0 Å². The van der Waals surface area contributed by atoms with Crippen molar-refractivity contribution in [2.24, 2.45) is 0 Å². The summed E-state index contributed by atoms with van der Waals surface area (Å²) in [6, 6.07) is 2.96. The van der Waals surface area contributed by atoms with Crippen LogP contribution in [-0.2, 0) is 0 Å². The maximum atomic E-state index is 4.67. The molecule has 21 heavy (non-hydrogen) atoms. The smallest absolute Gasteiger partial charge is 0.189 e. The van der Waals surface area contributed by atoms with Gasteiger partial charge in [0.15, 0.2) is 5.16 Å². The molecule has 4 nitrogen and oxygen atoms in total. The Bertz CT molecular complexity index is 465. The maximum Gasteiger partial charge on any atom is 0.189 e. The van der Waals surface area contributed by atoms with Crippen molar-refractivity contribution >= 4 is 17.6 Å². The highest BCUT2D eigenvalue weighted by molar-refractivity contribution is 7.98. The van der Waals surface area contributed by atoms with Crippen molar-refractivity contribution in [1.82, 2.24) is 14.9 Å². The number of aryl methyl sites for hydroxylation is 1. The molecule has 1 aliphatic carbocycles. The van der Waals surface area contributed by atoms with Crippen molar-refractivity contribution in [3.8, 4) is 0 Å². The lowest BCUT2D eigenvalue weighted by Crippen LogP contribution is -2.51. The molecule has 0 aromatic carbocycles. The average molecular weight is 306 g/mol. The molecule has 5 heteroatoms. The Morgan fingerprint density at radius 3 is 2.43 bits per heavy atom. The molecule has 0 atom stereocenters. The summed E-state index contributed by atoms with van der Waals surface area (Å²) in [5.74, 6) is 1.11. The van der Waals surface area contributed by atoms with Gasteiger partial charge in [0.1, 0.15) is 5.82 Å². The molecule has 0 amide bonds. The third-order valence-corrected chi connectivity index (χ3v) is 5.28. The molecule has 1 aromatic heterocycles. The number of piperazine rings is 1. The summed E-state index contributed by atoms with van der Waals surface area (Å²) in [6.45, 7) is 6.62. The van der Waals surface area contributed by atoms with E-state index >= 15 is 0 Å². The Labute approximate surface area is 132 Å². The third-order valence-electron chi connectivity index (χ3n) is 4.73. The van der Waals surface area contributed by atoms with Crippen molar-refractivity contribution < 1.29 is 0 Å². The minimum absolute atomic E-state index is 0.842. The summed E-state index contributed by atoms with van der Waals surface area (Å²) in [4.78, 5) is 14.3. The van der Waals surface area contributed by atoms with E-state index in [1.165, 1.54) is 45.2 Å². The van der Waals surface area contributed by atoms with Crippen LogP contribution < -0.4 is 4.90 Å². The third kappa shape index (κ3) is 3.69. The van der Waals surface area contributed by atoms with Crippen LogP contribution in [-0.4, -0.2) is 53.3 Å². The predicted molar refractivity (Wildman–Crippen MR) is 89.2 cm³/mol. The summed E-state index contributed by atoms with van der Waals surface area (Å²) < 4.78 is 0. The molecule has 2 heterocycles. The van der Waals surface area contributed by atoms with Gasteiger partial charge in [-0.25, -0.2) is 9.97 Å². The molecule has 0 bridgehead atoms. The van der Waals surface area contributed by atoms with Crippen LogP contribution in [0.1, 0.15) is 37.8 Å². The molecule has 2 fully saturated rings. The fraction of sp³-hybridized carbons (Fsp3) is 0.750. The van der Waals surface area contributed by atoms with Crippen molar-refractivity contribution in [1.29, 1.82) is 0 Å². The highest BCUT2D eigenvalue weighted by Gasteiger charge is 2.25. The highest BCUT2D eigenvalue weighted by atomic mass is 32.2. The van der Waals surface area contributed by atoms with Gasteiger partial charge >= 0.3 is 0 Å². The van der Waals surface area contributed by atoms with Crippen LogP contribution in [0.25, 0.3) is 0 Å². The summed E-state index contributed by atoms with van der Waals surface area (Å²) in [5, 5.41) is 0.889. The summed E-state index contributed by atoms with van der Waals surface area (Å²) >= 11 is 1.63. The monoisotopic (exact) mass is 306 g/mol. The number of rotatable bonds is 3. The summed E-state index contributed by atoms with van der Waals surface area (Å²) in [5.41, 5.74) is 1.07. The predicted octanol–water partition coefficient (Wildman–Crippen LogP) is 2.96. The summed E-state index contributed by atoms with van der Waals surface area (Å²) in [7, 11) is 0. The molecule has 1 aromatic rings. The second-order valence-electron chi connectivity index (χ2n) is 6.17. The Hall–Kier alpha value is -0.810.